The molecule has 2 heteroatoms. The molecule has 1 atom stereocenters. The number of hydrogen-bond acceptors (Lipinski definition) is 2. The molecule has 1 aliphatic rings. The molecular weight excluding hydrogens is 152 g/mol. The minimum absolute atomic E-state index is 0.159. The van der Waals surface area contributed by atoms with Crippen LogP contribution in [0.15, 0.2) is 0 Å². The van der Waals surface area contributed by atoms with Crippen molar-refractivity contribution in [1.82, 2.24) is 0 Å². The van der Waals surface area contributed by atoms with Crippen LogP contribution in [0.1, 0.15) is 39.5 Å². The maximum Gasteiger partial charge on any atom is 0.0647 e. The van der Waals surface area contributed by atoms with Crippen LogP contribution in [0, 0.1) is 5.92 Å². The van der Waals surface area contributed by atoms with Crippen LogP contribution in [-0.2, 0) is 4.74 Å². The highest BCUT2D eigenvalue weighted by molar-refractivity contribution is 4.82. The Morgan fingerprint density at radius 2 is 2.08 bits per heavy atom. The Balaban J connectivity index is 2.28. The Labute approximate surface area is 74.9 Å². The second-order valence-corrected chi connectivity index (χ2v) is 4.43. The predicted molar refractivity (Wildman–Crippen MR) is 49.1 cm³/mol. The lowest BCUT2D eigenvalue weighted by atomic mass is 9.78. The van der Waals surface area contributed by atoms with Crippen LogP contribution in [-0.4, -0.2) is 23.9 Å². The van der Waals surface area contributed by atoms with Crippen LogP contribution in [0.5, 0.6) is 0 Å². The molecule has 1 unspecified atom stereocenters. The van der Waals surface area contributed by atoms with E-state index in [2.05, 4.69) is 0 Å². The van der Waals surface area contributed by atoms with Gasteiger partial charge in [0, 0.05) is 13.5 Å². The van der Waals surface area contributed by atoms with Crippen LogP contribution in [0.3, 0.4) is 0 Å². The Hall–Kier alpha value is -0.0800. The Kier molecular flexibility index (Phi) is 3.13. The van der Waals surface area contributed by atoms with Gasteiger partial charge in [0.1, 0.15) is 0 Å². The molecule has 72 valence electrons. The quantitative estimate of drug-likeness (QED) is 0.702. The Morgan fingerprint density at radius 1 is 1.50 bits per heavy atom. The molecule has 0 aliphatic heterocycles. The molecule has 1 N–H and O–H groups in total. The number of aliphatic hydroxyl groups is 1. The predicted octanol–water partition coefficient (Wildman–Crippen LogP) is 1.96. The zero-order valence-corrected chi connectivity index (χ0v) is 8.34. The van der Waals surface area contributed by atoms with Gasteiger partial charge in [-0.2, -0.15) is 0 Å². The summed E-state index contributed by atoms with van der Waals surface area (Å²) < 4.78 is 5.27. The zero-order chi connectivity index (χ0) is 9.19. The largest absolute Gasteiger partial charge is 0.393 e. The van der Waals surface area contributed by atoms with E-state index in [0.29, 0.717) is 5.92 Å². The fourth-order valence-electron chi connectivity index (χ4n) is 1.58. The molecule has 0 spiro atoms. The number of rotatable bonds is 4. The van der Waals surface area contributed by atoms with Gasteiger partial charge in [0.25, 0.3) is 0 Å². The van der Waals surface area contributed by atoms with Crippen molar-refractivity contribution < 1.29 is 9.84 Å². The summed E-state index contributed by atoms with van der Waals surface area (Å²) in [5.41, 5.74) is -0.172. The fourth-order valence-corrected chi connectivity index (χ4v) is 1.58. The van der Waals surface area contributed by atoms with Gasteiger partial charge in [-0.05, 0) is 32.6 Å². The fraction of sp³-hybridized carbons (Fsp3) is 1.00. The van der Waals surface area contributed by atoms with Gasteiger partial charge in [0.15, 0.2) is 0 Å². The van der Waals surface area contributed by atoms with Gasteiger partial charge < -0.3 is 9.84 Å². The van der Waals surface area contributed by atoms with E-state index in [9.17, 15) is 5.11 Å². The lowest BCUT2D eigenvalue weighted by molar-refractivity contribution is -0.0455. The molecule has 0 radical (unpaired) electrons. The summed E-state index contributed by atoms with van der Waals surface area (Å²) in [4.78, 5) is 0. The molecule has 0 amide bonds. The molecule has 1 saturated carbocycles. The van der Waals surface area contributed by atoms with Crippen molar-refractivity contribution in [3.63, 3.8) is 0 Å². The first-order valence-corrected chi connectivity index (χ1v) is 4.78. The van der Waals surface area contributed by atoms with Crippen LogP contribution in [0.2, 0.25) is 0 Å². The van der Waals surface area contributed by atoms with Crippen LogP contribution in [0.25, 0.3) is 0 Å². The first-order chi connectivity index (χ1) is 5.55. The minimum Gasteiger partial charge on any atom is -0.393 e. The second kappa shape index (κ2) is 3.75. The first kappa shape index (κ1) is 10.0. The third-order valence-corrected chi connectivity index (χ3v) is 2.95. The lowest BCUT2D eigenvalue weighted by Gasteiger charge is -2.34. The number of hydrogen-bond donors (Lipinski definition) is 1. The number of aliphatic hydroxyl groups excluding tert-OH is 1. The van der Waals surface area contributed by atoms with Crippen molar-refractivity contribution in [2.75, 3.05) is 7.11 Å². The zero-order valence-electron chi connectivity index (χ0n) is 8.34. The summed E-state index contributed by atoms with van der Waals surface area (Å²) in [5, 5.41) is 9.76. The topological polar surface area (TPSA) is 29.5 Å². The van der Waals surface area contributed by atoms with Gasteiger partial charge in [-0.1, -0.05) is 6.42 Å². The highest BCUT2D eigenvalue weighted by atomic mass is 16.5. The minimum atomic E-state index is -0.172. The van der Waals surface area contributed by atoms with E-state index in [1.165, 1.54) is 19.3 Å². The van der Waals surface area contributed by atoms with Crippen molar-refractivity contribution in [1.29, 1.82) is 0 Å². The average molecular weight is 172 g/mol. The maximum absolute atomic E-state index is 9.76. The summed E-state index contributed by atoms with van der Waals surface area (Å²) >= 11 is 0. The molecule has 0 aromatic rings. The molecule has 0 saturated heterocycles. The lowest BCUT2D eigenvalue weighted by Crippen LogP contribution is -2.35. The summed E-state index contributed by atoms with van der Waals surface area (Å²) in [6.45, 7) is 4.05. The van der Waals surface area contributed by atoms with Crippen molar-refractivity contribution in [3.05, 3.63) is 0 Å². The molecule has 0 heterocycles. The Bertz CT molecular complexity index is 139. The average Bonchev–Trinajstić information content (AvgIpc) is 1.82. The Morgan fingerprint density at radius 3 is 2.42 bits per heavy atom. The third kappa shape index (κ3) is 2.46. The maximum atomic E-state index is 9.76. The number of methoxy groups -OCH3 is 1. The molecule has 2 nitrogen and oxygen atoms in total. The van der Waals surface area contributed by atoms with Crippen LogP contribution in [0.4, 0.5) is 0 Å². The highest BCUT2D eigenvalue weighted by Crippen LogP contribution is 2.33. The van der Waals surface area contributed by atoms with E-state index in [4.69, 9.17) is 4.74 Å². The van der Waals surface area contributed by atoms with E-state index in [1.807, 2.05) is 13.8 Å². The highest BCUT2D eigenvalue weighted by Gasteiger charge is 2.30. The van der Waals surface area contributed by atoms with Gasteiger partial charge in [0.2, 0.25) is 0 Å². The smallest absolute Gasteiger partial charge is 0.0647 e. The summed E-state index contributed by atoms with van der Waals surface area (Å²) in [6, 6.07) is 0. The van der Waals surface area contributed by atoms with Crippen LogP contribution >= 0.6 is 0 Å². The van der Waals surface area contributed by atoms with E-state index >= 15 is 0 Å². The summed E-state index contributed by atoms with van der Waals surface area (Å²) in [6.07, 6.45) is 4.28. The summed E-state index contributed by atoms with van der Waals surface area (Å²) in [7, 11) is 1.70. The molecule has 1 aliphatic carbocycles. The van der Waals surface area contributed by atoms with Gasteiger partial charge in [0.05, 0.1) is 11.7 Å². The first-order valence-electron chi connectivity index (χ1n) is 4.78. The molecule has 0 bridgehead atoms. The summed E-state index contributed by atoms with van der Waals surface area (Å²) in [5.74, 6) is 0.541. The molecular formula is C10H20O2. The van der Waals surface area contributed by atoms with Gasteiger partial charge in [-0.3, -0.25) is 0 Å². The van der Waals surface area contributed by atoms with Crippen molar-refractivity contribution >= 4 is 0 Å². The molecule has 0 aromatic carbocycles. The van der Waals surface area contributed by atoms with Crippen molar-refractivity contribution in [2.45, 2.75) is 51.2 Å². The van der Waals surface area contributed by atoms with E-state index in [-0.39, 0.29) is 11.7 Å². The third-order valence-electron chi connectivity index (χ3n) is 2.95. The molecule has 1 rings (SSSR count). The number of ether oxygens (including phenoxy) is 1. The molecule has 0 aromatic heterocycles. The van der Waals surface area contributed by atoms with Gasteiger partial charge >= 0.3 is 0 Å². The van der Waals surface area contributed by atoms with E-state index < -0.39 is 0 Å². The SMILES string of the molecule is COC(C)(C)CC(O)C1CCC1. The van der Waals surface area contributed by atoms with Crippen LogP contribution < -0.4 is 0 Å². The second-order valence-electron chi connectivity index (χ2n) is 4.43. The molecule has 12 heavy (non-hydrogen) atoms. The van der Waals surface area contributed by atoms with E-state index in [0.717, 1.165) is 6.42 Å². The van der Waals surface area contributed by atoms with E-state index in [1.54, 1.807) is 7.11 Å². The standard InChI is InChI=1S/C10H20O2/c1-10(2,12-3)7-9(11)8-5-4-6-8/h8-9,11H,4-7H2,1-3H3. The molecule has 1 fully saturated rings. The monoisotopic (exact) mass is 172 g/mol. The normalized spacial score (nSPS) is 22.0. The van der Waals surface area contributed by atoms with Gasteiger partial charge in [-0.15, -0.1) is 0 Å². The van der Waals surface area contributed by atoms with Crippen molar-refractivity contribution in [3.8, 4) is 0 Å². The van der Waals surface area contributed by atoms with Gasteiger partial charge in [-0.25, -0.2) is 0 Å². The van der Waals surface area contributed by atoms with Crippen molar-refractivity contribution in [2.24, 2.45) is 5.92 Å².